The summed E-state index contributed by atoms with van der Waals surface area (Å²) in [6.45, 7) is 5.24. The van der Waals surface area contributed by atoms with Gasteiger partial charge in [0.05, 0.1) is 11.6 Å². The van der Waals surface area contributed by atoms with E-state index in [-0.39, 0.29) is 6.10 Å². The molecule has 2 heterocycles. The molecule has 0 saturated carbocycles. The SMILES string of the molecule is CNCCc1ccc(S(=O)(=O)NC2(C)CCOC2C)s1. The molecule has 0 bridgehead atoms. The minimum atomic E-state index is -3.47. The van der Waals surface area contributed by atoms with E-state index >= 15 is 0 Å². The molecule has 0 aromatic carbocycles. The van der Waals surface area contributed by atoms with Crippen molar-refractivity contribution in [2.24, 2.45) is 0 Å². The fraction of sp³-hybridized carbons (Fsp3) is 0.692. The monoisotopic (exact) mass is 318 g/mol. The topological polar surface area (TPSA) is 67.4 Å². The van der Waals surface area contributed by atoms with Crippen molar-refractivity contribution in [2.75, 3.05) is 20.2 Å². The Balaban J connectivity index is 2.12. The number of nitrogens with one attached hydrogen (secondary N) is 2. The Kier molecular flexibility index (Phi) is 4.86. The predicted octanol–water partition coefficient (Wildman–Crippen LogP) is 1.36. The normalized spacial score (nSPS) is 27.1. The van der Waals surface area contributed by atoms with E-state index in [2.05, 4.69) is 10.0 Å². The second-order valence-electron chi connectivity index (χ2n) is 5.36. The fourth-order valence-electron chi connectivity index (χ4n) is 2.21. The maximum Gasteiger partial charge on any atom is 0.250 e. The second-order valence-corrected chi connectivity index (χ2v) is 8.44. The third-order valence-corrected chi connectivity index (χ3v) is 7.03. The molecular formula is C13H22N2O3S2. The van der Waals surface area contributed by atoms with Crippen LogP contribution in [0.15, 0.2) is 16.3 Å². The molecule has 1 aliphatic heterocycles. The molecule has 1 fully saturated rings. The van der Waals surface area contributed by atoms with E-state index < -0.39 is 15.6 Å². The molecule has 2 rings (SSSR count). The summed E-state index contributed by atoms with van der Waals surface area (Å²) in [4.78, 5) is 1.07. The number of ether oxygens (including phenoxy) is 1. The van der Waals surface area contributed by atoms with Crippen LogP contribution in [0.25, 0.3) is 0 Å². The van der Waals surface area contributed by atoms with Crippen molar-refractivity contribution in [3.8, 4) is 0 Å². The zero-order chi connectivity index (χ0) is 14.8. The van der Waals surface area contributed by atoms with E-state index in [9.17, 15) is 8.42 Å². The van der Waals surface area contributed by atoms with Gasteiger partial charge in [-0.3, -0.25) is 0 Å². The van der Waals surface area contributed by atoms with Crippen LogP contribution in [0.1, 0.15) is 25.1 Å². The number of thiophene rings is 1. The minimum Gasteiger partial charge on any atom is -0.376 e. The number of hydrogen-bond donors (Lipinski definition) is 2. The molecular weight excluding hydrogens is 296 g/mol. The first kappa shape index (κ1) is 15.9. The van der Waals surface area contributed by atoms with Gasteiger partial charge >= 0.3 is 0 Å². The second kappa shape index (κ2) is 6.11. The Bertz CT molecular complexity index is 556. The zero-order valence-corrected chi connectivity index (χ0v) is 13.7. The van der Waals surface area contributed by atoms with Crippen molar-refractivity contribution in [2.45, 2.75) is 42.5 Å². The molecule has 0 spiro atoms. The highest BCUT2D eigenvalue weighted by Gasteiger charge is 2.40. The smallest absolute Gasteiger partial charge is 0.250 e. The van der Waals surface area contributed by atoms with Gasteiger partial charge in [0.15, 0.2) is 0 Å². The summed E-state index contributed by atoms with van der Waals surface area (Å²) in [7, 11) is -1.59. The highest BCUT2D eigenvalue weighted by Crippen LogP contribution is 2.29. The van der Waals surface area contributed by atoms with Crippen molar-refractivity contribution in [3.05, 3.63) is 17.0 Å². The van der Waals surface area contributed by atoms with E-state index in [1.165, 1.54) is 11.3 Å². The van der Waals surface area contributed by atoms with Crippen molar-refractivity contribution >= 4 is 21.4 Å². The zero-order valence-electron chi connectivity index (χ0n) is 12.1. The Hall–Kier alpha value is -0.470. The molecule has 0 amide bonds. The van der Waals surface area contributed by atoms with Crippen LogP contribution in [-0.2, 0) is 21.2 Å². The Morgan fingerprint density at radius 3 is 2.85 bits per heavy atom. The molecule has 0 aliphatic carbocycles. The fourth-order valence-corrected chi connectivity index (χ4v) is 5.06. The lowest BCUT2D eigenvalue weighted by Crippen LogP contribution is -2.50. The summed E-state index contributed by atoms with van der Waals surface area (Å²) in [6.07, 6.45) is 1.43. The first-order valence-electron chi connectivity index (χ1n) is 6.76. The van der Waals surface area contributed by atoms with E-state index in [1.807, 2.05) is 27.0 Å². The molecule has 1 saturated heterocycles. The lowest BCUT2D eigenvalue weighted by Gasteiger charge is -2.28. The summed E-state index contributed by atoms with van der Waals surface area (Å²) in [5.41, 5.74) is -0.520. The Labute approximate surface area is 124 Å². The number of rotatable bonds is 6. The summed E-state index contributed by atoms with van der Waals surface area (Å²) < 4.78 is 33.6. The first-order valence-corrected chi connectivity index (χ1v) is 9.06. The summed E-state index contributed by atoms with van der Waals surface area (Å²) >= 11 is 1.33. The quantitative estimate of drug-likeness (QED) is 0.831. The van der Waals surface area contributed by atoms with Crippen LogP contribution in [0.2, 0.25) is 0 Å². The summed E-state index contributed by atoms with van der Waals surface area (Å²) in [5.74, 6) is 0. The highest BCUT2D eigenvalue weighted by atomic mass is 32.2. The minimum absolute atomic E-state index is 0.110. The lowest BCUT2D eigenvalue weighted by atomic mass is 9.97. The molecule has 1 aromatic heterocycles. The molecule has 2 N–H and O–H groups in total. The van der Waals surface area contributed by atoms with E-state index in [0.29, 0.717) is 17.2 Å². The van der Waals surface area contributed by atoms with Crippen LogP contribution in [0, 0.1) is 0 Å². The molecule has 2 atom stereocenters. The predicted molar refractivity (Wildman–Crippen MR) is 80.7 cm³/mol. The largest absolute Gasteiger partial charge is 0.376 e. The highest BCUT2D eigenvalue weighted by molar-refractivity contribution is 7.91. The Morgan fingerprint density at radius 2 is 2.25 bits per heavy atom. The van der Waals surface area contributed by atoms with Gasteiger partial charge in [-0.1, -0.05) is 0 Å². The number of likely N-dealkylation sites (N-methyl/N-ethyl adjacent to an activating group) is 1. The van der Waals surface area contributed by atoms with Gasteiger partial charge in [0.25, 0.3) is 10.0 Å². The van der Waals surface area contributed by atoms with Gasteiger partial charge in [0.2, 0.25) is 0 Å². The lowest BCUT2D eigenvalue weighted by molar-refractivity contribution is 0.0957. The number of sulfonamides is 1. The molecule has 7 heteroatoms. The first-order chi connectivity index (χ1) is 9.37. The van der Waals surface area contributed by atoms with Crippen molar-refractivity contribution in [1.29, 1.82) is 0 Å². The van der Waals surface area contributed by atoms with Crippen LogP contribution in [-0.4, -0.2) is 40.3 Å². The van der Waals surface area contributed by atoms with E-state index in [1.54, 1.807) is 6.07 Å². The standard InChI is InChI=1S/C13H22N2O3S2/c1-10-13(2,7-9-18-10)15-20(16,17)12-5-4-11(19-12)6-8-14-3/h4-5,10,14-15H,6-9H2,1-3H3. The van der Waals surface area contributed by atoms with Crippen LogP contribution in [0.5, 0.6) is 0 Å². The summed E-state index contributed by atoms with van der Waals surface area (Å²) in [5, 5.41) is 3.06. The maximum absolute atomic E-state index is 12.5. The van der Waals surface area contributed by atoms with Crippen LogP contribution in [0.4, 0.5) is 0 Å². The van der Waals surface area contributed by atoms with Gasteiger partial charge < -0.3 is 10.1 Å². The molecule has 20 heavy (non-hydrogen) atoms. The van der Waals surface area contributed by atoms with Crippen LogP contribution >= 0.6 is 11.3 Å². The van der Waals surface area contributed by atoms with Crippen molar-refractivity contribution in [1.82, 2.24) is 10.0 Å². The molecule has 1 aliphatic rings. The average molecular weight is 318 g/mol. The molecule has 1 aromatic rings. The van der Waals surface area contributed by atoms with Gasteiger partial charge in [-0.2, -0.15) is 0 Å². The van der Waals surface area contributed by atoms with Crippen LogP contribution < -0.4 is 10.0 Å². The molecule has 114 valence electrons. The van der Waals surface area contributed by atoms with Gasteiger partial charge in [0, 0.05) is 11.5 Å². The van der Waals surface area contributed by atoms with Gasteiger partial charge in [0.1, 0.15) is 4.21 Å². The summed E-state index contributed by atoms with van der Waals surface area (Å²) in [6, 6.07) is 3.56. The molecule has 0 radical (unpaired) electrons. The third kappa shape index (κ3) is 3.40. The third-order valence-electron chi connectivity index (χ3n) is 3.78. The maximum atomic E-state index is 12.5. The van der Waals surface area contributed by atoms with Crippen molar-refractivity contribution in [3.63, 3.8) is 0 Å². The van der Waals surface area contributed by atoms with Gasteiger partial charge in [-0.25, -0.2) is 13.1 Å². The van der Waals surface area contributed by atoms with Crippen molar-refractivity contribution < 1.29 is 13.2 Å². The van der Waals surface area contributed by atoms with E-state index in [4.69, 9.17) is 4.74 Å². The average Bonchev–Trinajstić information content (AvgIpc) is 2.95. The molecule has 2 unspecified atom stereocenters. The Morgan fingerprint density at radius 1 is 1.50 bits per heavy atom. The van der Waals surface area contributed by atoms with E-state index in [0.717, 1.165) is 17.8 Å². The van der Waals surface area contributed by atoms with Crippen LogP contribution in [0.3, 0.4) is 0 Å². The number of hydrogen-bond acceptors (Lipinski definition) is 5. The molecule has 5 nitrogen and oxygen atoms in total. The van der Waals surface area contributed by atoms with Gasteiger partial charge in [-0.15, -0.1) is 11.3 Å². The van der Waals surface area contributed by atoms with Gasteiger partial charge in [-0.05, 0) is 52.4 Å².